The lowest BCUT2D eigenvalue weighted by Crippen LogP contribution is -1.90. The predicted octanol–water partition coefficient (Wildman–Crippen LogP) is 5.11. The number of para-hydroxylation sites is 1. The van der Waals surface area contributed by atoms with Crippen LogP contribution in [0.4, 0.5) is 0 Å². The van der Waals surface area contributed by atoms with Crippen molar-refractivity contribution in [2.75, 3.05) is 0 Å². The third-order valence-electron chi connectivity index (χ3n) is 2.86. The van der Waals surface area contributed by atoms with E-state index in [1.807, 2.05) is 54.6 Å². The van der Waals surface area contributed by atoms with Crippen LogP contribution in [0.1, 0.15) is 11.3 Å². The van der Waals surface area contributed by atoms with Crippen LogP contribution in [0.15, 0.2) is 48.5 Å². The Bertz CT molecular complexity index is 783. The quantitative estimate of drug-likeness (QED) is 0.657. The zero-order chi connectivity index (χ0) is 13.9. The highest BCUT2D eigenvalue weighted by Gasteiger charge is 2.06. The smallest absolute Gasteiger partial charge is 0.155 e. The molecule has 2 nitrogen and oxygen atoms in total. The van der Waals surface area contributed by atoms with Crippen molar-refractivity contribution < 1.29 is 0 Å². The van der Waals surface area contributed by atoms with Gasteiger partial charge in [0.15, 0.2) is 5.15 Å². The summed E-state index contributed by atoms with van der Waals surface area (Å²) in [4.78, 5) is 8.79. The summed E-state index contributed by atoms with van der Waals surface area (Å²) < 4.78 is 0. The van der Waals surface area contributed by atoms with E-state index in [9.17, 15) is 0 Å². The molecule has 1 heterocycles. The normalized spacial score (nSPS) is 11.3. The summed E-state index contributed by atoms with van der Waals surface area (Å²) in [7, 11) is 0. The largest absolute Gasteiger partial charge is 0.243 e. The van der Waals surface area contributed by atoms with Crippen LogP contribution in [0.5, 0.6) is 0 Å². The lowest BCUT2D eigenvalue weighted by molar-refractivity contribution is 1.27. The third kappa shape index (κ3) is 2.67. The van der Waals surface area contributed by atoms with Gasteiger partial charge in [0.05, 0.1) is 10.5 Å². The highest BCUT2D eigenvalue weighted by molar-refractivity contribution is 6.35. The summed E-state index contributed by atoms with van der Waals surface area (Å²) in [5.41, 5.74) is 3.06. The molecule has 0 aliphatic heterocycles. The van der Waals surface area contributed by atoms with Crippen molar-refractivity contribution in [2.24, 2.45) is 0 Å². The number of hydrogen-bond donors (Lipinski definition) is 0. The Morgan fingerprint density at radius 3 is 2.40 bits per heavy atom. The average molecular weight is 301 g/mol. The summed E-state index contributed by atoms with van der Waals surface area (Å²) in [5.74, 6) is 0. The molecule has 0 atom stereocenters. The van der Waals surface area contributed by atoms with Crippen molar-refractivity contribution in [3.63, 3.8) is 0 Å². The average Bonchev–Trinajstić information content (AvgIpc) is 2.47. The van der Waals surface area contributed by atoms with E-state index in [1.165, 1.54) is 0 Å². The fourth-order valence-electron chi connectivity index (χ4n) is 1.88. The van der Waals surface area contributed by atoms with Gasteiger partial charge >= 0.3 is 0 Å². The summed E-state index contributed by atoms with van der Waals surface area (Å²) in [5, 5.41) is 0.897. The van der Waals surface area contributed by atoms with Gasteiger partial charge in [-0.05, 0) is 23.8 Å². The molecule has 3 aromatic rings. The first kappa shape index (κ1) is 13.1. The van der Waals surface area contributed by atoms with Crippen LogP contribution in [0.25, 0.3) is 23.2 Å². The van der Waals surface area contributed by atoms with Crippen LogP contribution in [0.2, 0.25) is 10.2 Å². The first-order chi connectivity index (χ1) is 9.74. The van der Waals surface area contributed by atoms with Crippen LogP contribution < -0.4 is 0 Å². The number of benzene rings is 2. The van der Waals surface area contributed by atoms with E-state index in [4.69, 9.17) is 23.2 Å². The number of halogens is 2. The minimum absolute atomic E-state index is 0.345. The summed E-state index contributed by atoms with van der Waals surface area (Å²) in [6.07, 6.45) is 3.80. The number of nitrogens with zero attached hydrogens (tertiary/aromatic N) is 2. The fraction of sp³-hybridized carbons (Fsp3) is 0. The highest BCUT2D eigenvalue weighted by Crippen LogP contribution is 2.24. The molecule has 1 aromatic heterocycles. The van der Waals surface area contributed by atoms with Gasteiger partial charge < -0.3 is 0 Å². The number of hydrogen-bond acceptors (Lipinski definition) is 2. The molecule has 0 saturated carbocycles. The number of fused-ring (bicyclic) bond motifs is 1. The molecule has 0 unspecified atom stereocenters. The first-order valence-electron chi connectivity index (χ1n) is 6.09. The molecule has 0 fully saturated rings. The Morgan fingerprint density at radius 2 is 1.60 bits per heavy atom. The van der Waals surface area contributed by atoms with Gasteiger partial charge in [0.25, 0.3) is 0 Å². The maximum atomic E-state index is 6.16. The zero-order valence-corrected chi connectivity index (χ0v) is 11.9. The van der Waals surface area contributed by atoms with Gasteiger partial charge in [-0.25, -0.2) is 9.97 Å². The molecule has 0 spiro atoms. The van der Waals surface area contributed by atoms with Gasteiger partial charge in [0, 0.05) is 0 Å². The Labute approximate surface area is 126 Å². The zero-order valence-electron chi connectivity index (χ0n) is 10.4. The summed E-state index contributed by atoms with van der Waals surface area (Å²) >= 11 is 12.2. The molecule has 0 saturated heterocycles. The van der Waals surface area contributed by atoms with Crippen molar-refractivity contribution in [1.29, 1.82) is 0 Å². The molecule has 98 valence electrons. The van der Waals surface area contributed by atoms with Crippen molar-refractivity contribution in [3.8, 4) is 0 Å². The van der Waals surface area contributed by atoms with Crippen LogP contribution >= 0.6 is 23.2 Å². The van der Waals surface area contributed by atoms with E-state index in [1.54, 1.807) is 6.07 Å². The van der Waals surface area contributed by atoms with E-state index in [2.05, 4.69) is 9.97 Å². The Balaban J connectivity index is 2.04. The topological polar surface area (TPSA) is 25.8 Å². The maximum Gasteiger partial charge on any atom is 0.155 e. The first-order valence-corrected chi connectivity index (χ1v) is 6.84. The molecule has 2 aromatic carbocycles. The van der Waals surface area contributed by atoms with Gasteiger partial charge in [0.2, 0.25) is 0 Å². The predicted molar refractivity (Wildman–Crippen MR) is 84.9 cm³/mol. The Hall–Kier alpha value is -1.90. The number of aromatic nitrogens is 2. The van der Waals surface area contributed by atoms with E-state index in [-0.39, 0.29) is 0 Å². The molecule has 0 aliphatic carbocycles. The van der Waals surface area contributed by atoms with Gasteiger partial charge in [-0.1, -0.05) is 65.7 Å². The molecule has 4 heteroatoms. The monoisotopic (exact) mass is 300 g/mol. The second-order valence-electron chi connectivity index (χ2n) is 4.25. The van der Waals surface area contributed by atoms with Crippen molar-refractivity contribution >= 4 is 46.4 Å². The summed E-state index contributed by atoms with van der Waals surface area (Å²) in [6.45, 7) is 0. The molecular formula is C16H10Cl2N2. The minimum atomic E-state index is 0.345. The van der Waals surface area contributed by atoms with E-state index in [0.717, 1.165) is 11.1 Å². The summed E-state index contributed by atoms with van der Waals surface area (Å²) in [6, 6.07) is 15.4. The molecular weight excluding hydrogens is 291 g/mol. The SMILES string of the molecule is Clc1nc2c(Cl)cccc2nc1C=Cc1ccccc1. The van der Waals surface area contributed by atoms with Crippen LogP contribution in [-0.4, -0.2) is 9.97 Å². The standard InChI is InChI=1S/C16H10Cl2N2/c17-12-7-4-8-13-15(12)20-16(18)14(19-13)10-9-11-5-2-1-3-6-11/h1-10H. The van der Waals surface area contributed by atoms with Crippen LogP contribution in [0.3, 0.4) is 0 Å². The van der Waals surface area contributed by atoms with E-state index < -0.39 is 0 Å². The maximum absolute atomic E-state index is 6.16. The van der Waals surface area contributed by atoms with Gasteiger partial charge in [-0.3, -0.25) is 0 Å². The molecule has 0 amide bonds. The van der Waals surface area contributed by atoms with Gasteiger partial charge in [0.1, 0.15) is 11.2 Å². The second kappa shape index (κ2) is 5.61. The van der Waals surface area contributed by atoms with Crippen molar-refractivity contribution in [3.05, 3.63) is 70.0 Å². The molecule has 3 rings (SSSR count). The minimum Gasteiger partial charge on any atom is -0.243 e. The third-order valence-corrected chi connectivity index (χ3v) is 3.44. The van der Waals surface area contributed by atoms with E-state index >= 15 is 0 Å². The Morgan fingerprint density at radius 1 is 0.800 bits per heavy atom. The lowest BCUT2D eigenvalue weighted by Gasteiger charge is -2.02. The second-order valence-corrected chi connectivity index (χ2v) is 5.02. The van der Waals surface area contributed by atoms with Crippen LogP contribution in [0, 0.1) is 0 Å². The van der Waals surface area contributed by atoms with Crippen molar-refractivity contribution in [2.45, 2.75) is 0 Å². The number of rotatable bonds is 2. The lowest BCUT2D eigenvalue weighted by atomic mass is 10.2. The molecule has 0 aliphatic rings. The van der Waals surface area contributed by atoms with Gasteiger partial charge in [-0.2, -0.15) is 0 Å². The highest BCUT2D eigenvalue weighted by atomic mass is 35.5. The molecule has 20 heavy (non-hydrogen) atoms. The molecule has 0 N–H and O–H groups in total. The van der Waals surface area contributed by atoms with Crippen LogP contribution in [-0.2, 0) is 0 Å². The van der Waals surface area contributed by atoms with Crippen molar-refractivity contribution in [1.82, 2.24) is 9.97 Å². The molecule has 0 bridgehead atoms. The van der Waals surface area contributed by atoms with E-state index in [0.29, 0.717) is 21.4 Å². The van der Waals surface area contributed by atoms with Gasteiger partial charge in [-0.15, -0.1) is 0 Å². The molecule has 0 radical (unpaired) electrons. The fourth-order valence-corrected chi connectivity index (χ4v) is 2.28. The Kier molecular flexibility index (Phi) is 3.68.